The van der Waals surface area contributed by atoms with Crippen LogP contribution in [0.25, 0.3) is 22.4 Å². The van der Waals surface area contributed by atoms with Gasteiger partial charge in [0.2, 0.25) is 5.62 Å². The minimum absolute atomic E-state index is 0.000363. The summed E-state index contributed by atoms with van der Waals surface area (Å²) in [5, 5.41) is 15.6. The van der Waals surface area contributed by atoms with Gasteiger partial charge in [0.15, 0.2) is 0 Å². The van der Waals surface area contributed by atoms with Crippen molar-refractivity contribution in [1.82, 2.24) is 14.5 Å². The largest absolute Gasteiger partial charge is 0.384 e. The normalized spacial score (nSPS) is 10.8. The van der Waals surface area contributed by atoms with Crippen LogP contribution in [0.1, 0.15) is 5.69 Å². The van der Waals surface area contributed by atoms with Gasteiger partial charge in [-0.1, -0.05) is 11.6 Å². The molecule has 0 bridgehead atoms. The number of anilines is 1. The molecule has 9 heteroatoms. The van der Waals surface area contributed by atoms with Crippen molar-refractivity contribution in [1.29, 1.82) is 10.8 Å². The number of aromatic nitrogens is 3. The van der Waals surface area contributed by atoms with Crippen LogP contribution in [0.5, 0.6) is 0 Å². The van der Waals surface area contributed by atoms with Crippen LogP contribution in [0, 0.1) is 29.4 Å². The molecular weight excluding hydrogens is 362 g/mol. The number of rotatable bonds is 3. The Hall–Kier alpha value is -3.13. The van der Waals surface area contributed by atoms with Crippen LogP contribution in [0.4, 0.5) is 14.6 Å². The van der Waals surface area contributed by atoms with Crippen molar-refractivity contribution in [2.24, 2.45) is 0 Å². The fourth-order valence-corrected chi connectivity index (χ4v) is 2.89. The quantitative estimate of drug-likeness (QED) is 0.372. The number of nitrogens with zero attached hydrogens (tertiary/aromatic N) is 3. The Morgan fingerprint density at radius 1 is 1.19 bits per heavy atom. The summed E-state index contributed by atoms with van der Waals surface area (Å²) in [6.45, 7) is 1.72. The zero-order valence-corrected chi connectivity index (χ0v) is 14.3. The smallest absolute Gasteiger partial charge is 0.229 e. The summed E-state index contributed by atoms with van der Waals surface area (Å²) in [5.41, 5.74) is 7.14. The highest BCUT2D eigenvalue weighted by molar-refractivity contribution is 6.29. The van der Waals surface area contributed by atoms with E-state index in [1.165, 1.54) is 12.1 Å². The minimum Gasteiger partial charge on any atom is -0.384 e. The van der Waals surface area contributed by atoms with Crippen LogP contribution in [-0.2, 0) is 0 Å². The molecule has 0 aliphatic heterocycles. The van der Waals surface area contributed by atoms with Crippen LogP contribution in [0.2, 0.25) is 5.15 Å². The summed E-state index contributed by atoms with van der Waals surface area (Å²) in [4.78, 5) is 8.15. The van der Waals surface area contributed by atoms with Crippen LogP contribution in [-0.4, -0.2) is 20.9 Å². The Kier molecular flexibility index (Phi) is 4.52. The highest BCUT2D eigenvalue weighted by Gasteiger charge is 2.20. The molecule has 3 aromatic rings. The minimum atomic E-state index is -0.845. The molecule has 0 amide bonds. The number of halogens is 3. The van der Waals surface area contributed by atoms with Crippen LogP contribution in [0.3, 0.4) is 0 Å². The van der Waals surface area contributed by atoms with Gasteiger partial charge < -0.3 is 5.73 Å². The third-order valence-electron chi connectivity index (χ3n) is 3.72. The van der Waals surface area contributed by atoms with Crippen molar-refractivity contribution in [3.63, 3.8) is 0 Å². The lowest BCUT2D eigenvalue weighted by molar-refractivity contribution is 0.585. The molecule has 0 fully saturated rings. The maximum Gasteiger partial charge on any atom is 0.229 e. The number of nitrogens with one attached hydrogen (secondary N) is 2. The first-order valence-corrected chi connectivity index (χ1v) is 7.76. The lowest BCUT2D eigenvalue weighted by Crippen LogP contribution is -2.27. The molecule has 1 aromatic carbocycles. The number of nitrogen functional groups attached to an aromatic ring is 1. The van der Waals surface area contributed by atoms with Crippen LogP contribution in [0.15, 0.2) is 30.3 Å². The topological polar surface area (TPSA) is 104 Å². The van der Waals surface area contributed by atoms with Gasteiger partial charge in [-0.2, -0.15) is 0 Å². The third kappa shape index (κ3) is 3.06. The number of pyridine rings is 1. The average molecular weight is 375 g/mol. The van der Waals surface area contributed by atoms with Crippen molar-refractivity contribution in [3.05, 3.63) is 58.4 Å². The number of aryl methyl sites for hydroxylation is 1. The summed E-state index contributed by atoms with van der Waals surface area (Å²) >= 11 is 6.02. The number of nitrogens with two attached hydrogens (primary N) is 1. The van der Waals surface area contributed by atoms with Gasteiger partial charge in [-0.25, -0.2) is 18.7 Å². The van der Waals surface area contributed by atoms with Crippen molar-refractivity contribution in [2.45, 2.75) is 6.92 Å². The van der Waals surface area contributed by atoms with E-state index in [1.807, 2.05) is 0 Å². The Labute approximate surface area is 151 Å². The Bertz CT molecular complexity index is 1070. The molecule has 3 rings (SSSR count). The molecule has 0 spiro atoms. The second-order valence-corrected chi connectivity index (χ2v) is 5.87. The van der Waals surface area contributed by atoms with E-state index >= 15 is 0 Å². The SMILES string of the molecule is Cc1cc(-c2c(-c3ccc(F)cc3F)nc(=N)n(C=N)c2N)cc(Cl)n1. The molecule has 4 N–H and O–H groups in total. The van der Waals surface area contributed by atoms with Gasteiger partial charge in [0.1, 0.15) is 22.6 Å². The van der Waals surface area contributed by atoms with Gasteiger partial charge in [0.25, 0.3) is 0 Å². The first-order chi connectivity index (χ1) is 12.3. The molecule has 0 aliphatic rings. The van der Waals surface area contributed by atoms with Crippen molar-refractivity contribution >= 4 is 23.8 Å². The molecule has 132 valence electrons. The molecule has 2 heterocycles. The molecule has 0 unspecified atom stereocenters. The lowest BCUT2D eigenvalue weighted by Gasteiger charge is -2.16. The first kappa shape index (κ1) is 17.7. The maximum atomic E-state index is 14.4. The monoisotopic (exact) mass is 374 g/mol. The highest BCUT2D eigenvalue weighted by Crippen LogP contribution is 2.36. The van der Waals surface area contributed by atoms with Gasteiger partial charge in [-0.3, -0.25) is 15.4 Å². The zero-order valence-electron chi connectivity index (χ0n) is 13.5. The predicted octanol–water partition coefficient (Wildman–Crippen LogP) is 3.37. The van der Waals surface area contributed by atoms with Gasteiger partial charge >= 0.3 is 0 Å². The van der Waals surface area contributed by atoms with Gasteiger partial charge in [-0.05, 0) is 36.8 Å². The van der Waals surface area contributed by atoms with E-state index in [0.29, 0.717) is 11.3 Å². The molecule has 0 aliphatic carbocycles. The summed E-state index contributed by atoms with van der Waals surface area (Å²) < 4.78 is 28.7. The standard InChI is InChI=1S/C17H13ClF2N6/c1-8-4-9(5-13(18)24-8)14-15(11-3-2-10(19)6-12(11)20)25-17(23)26(7-21)16(14)22/h2-7,21,23H,22H2,1H3. The average Bonchev–Trinajstić information content (AvgIpc) is 2.53. The van der Waals surface area contributed by atoms with Crippen molar-refractivity contribution in [2.75, 3.05) is 5.73 Å². The van der Waals surface area contributed by atoms with E-state index in [2.05, 4.69) is 9.97 Å². The van der Waals surface area contributed by atoms with E-state index < -0.39 is 11.6 Å². The Balaban J connectivity index is 2.44. The summed E-state index contributed by atoms with van der Waals surface area (Å²) in [6, 6.07) is 6.22. The summed E-state index contributed by atoms with van der Waals surface area (Å²) in [7, 11) is 0. The fourth-order valence-electron chi connectivity index (χ4n) is 2.64. The predicted molar refractivity (Wildman–Crippen MR) is 95.0 cm³/mol. The zero-order chi connectivity index (χ0) is 19.0. The van der Waals surface area contributed by atoms with Gasteiger partial charge in [0.05, 0.1) is 12.0 Å². The van der Waals surface area contributed by atoms with E-state index in [4.69, 9.17) is 28.2 Å². The molecule has 0 saturated carbocycles. The number of benzene rings is 1. The second-order valence-electron chi connectivity index (χ2n) is 5.49. The molecule has 26 heavy (non-hydrogen) atoms. The van der Waals surface area contributed by atoms with Crippen molar-refractivity contribution < 1.29 is 8.78 Å². The lowest BCUT2D eigenvalue weighted by atomic mass is 9.99. The molecule has 0 saturated heterocycles. The number of hydrogen-bond donors (Lipinski definition) is 3. The van der Waals surface area contributed by atoms with E-state index in [9.17, 15) is 8.78 Å². The molecule has 6 nitrogen and oxygen atoms in total. The van der Waals surface area contributed by atoms with E-state index in [0.717, 1.165) is 23.0 Å². The van der Waals surface area contributed by atoms with E-state index in [1.54, 1.807) is 13.0 Å². The number of hydrogen-bond acceptors (Lipinski definition) is 5. The summed E-state index contributed by atoms with van der Waals surface area (Å²) in [5.74, 6) is -1.58. The highest BCUT2D eigenvalue weighted by atomic mass is 35.5. The molecular formula is C17H13ClF2N6. The maximum absolute atomic E-state index is 14.4. The Morgan fingerprint density at radius 3 is 2.54 bits per heavy atom. The van der Waals surface area contributed by atoms with Crippen LogP contribution >= 0.6 is 11.6 Å². The molecule has 0 radical (unpaired) electrons. The first-order valence-electron chi connectivity index (χ1n) is 7.39. The molecule has 2 aromatic heterocycles. The molecule has 0 atom stereocenters. The van der Waals surface area contributed by atoms with Gasteiger partial charge in [0, 0.05) is 22.9 Å². The second kappa shape index (κ2) is 6.64. The third-order valence-corrected chi connectivity index (χ3v) is 3.92. The van der Waals surface area contributed by atoms with Crippen molar-refractivity contribution in [3.8, 4) is 22.4 Å². The van der Waals surface area contributed by atoms with E-state index in [-0.39, 0.29) is 33.4 Å². The Morgan fingerprint density at radius 2 is 1.92 bits per heavy atom. The fraction of sp³-hybridized carbons (Fsp3) is 0.0588. The summed E-state index contributed by atoms with van der Waals surface area (Å²) in [6.07, 6.45) is 0.828. The van der Waals surface area contributed by atoms with Gasteiger partial charge in [-0.15, -0.1) is 0 Å². The van der Waals surface area contributed by atoms with Crippen LogP contribution < -0.4 is 11.4 Å².